The van der Waals surface area contributed by atoms with Gasteiger partial charge in [-0.25, -0.2) is 4.79 Å². The largest absolute Gasteiger partial charge is 0.394 e. The summed E-state index contributed by atoms with van der Waals surface area (Å²) in [5.41, 5.74) is 0. The highest BCUT2D eigenvalue weighted by Gasteiger charge is 2.27. The van der Waals surface area contributed by atoms with Crippen LogP contribution in [0.3, 0.4) is 0 Å². The summed E-state index contributed by atoms with van der Waals surface area (Å²) < 4.78 is 0. The van der Waals surface area contributed by atoms with Crippen LogP contribution in [0.15, 0.2) is 0 Å². The predicted octanol–water partition coefficient (Wildman–Crippen LogP) is 2.49. The molecule has 134 valence electrons. The first-order valence-electron chi connectivity index (χ1n) is 9.50. The highest BCUT2D eigenvalue weighted by atomic mass is 16.3. The summed E-state index contributed by atoms with van der Waals surface area (Å²) in [7, 11) is 0. The van der Waals surface area contributed by atoms with E-state index in [0.29, 0.717) is 5.92 Å². The van der Waals surface area contributed by atoms with Crippen LogP contribution in [0.2, 0.25) is 0 Å². The van der Waals surface area contributed by atoms with Crippen LogP contribution < -0.4 is 10.6 Å². The highest BCUT2D eigenvalue weighted by Crippen LogP contribution is 2.25. The summed E-state index contributed by atoms with van der Waals surface area (Å²) in [4.78, 5) is 14.7. The standard InChI is InChI=1S/C18H35N3O2/c1-14(2)12-16(13-22)20-18(23)19-15-8-10-21(11-9-15)17-6-4-3-5-7-17/h14-17,22H,3-13H2,1-2H3,(H2,19,20,23). The molecule has 0 radical (unpaired) electrons. The van der Waals surface area contributed by atoms with Gasteiger partial charge in [0.1, 0.15) is 0 Å². The first-order chi connectivity index (χ1) is 11.1. The monoisotopic (exact) mass is 325 g/mol. The number of nitrogens with zero attached hydrogens (tertiary/aromatic N) is 1. The maximum absolute atomic E-state index is 12.1. The maximum atomic E-state index is 12.1. The van der Waals surface area contributed by atoms with Crippen molar-refractivity contribution in [2.75, 3.05) is 19.7 Å². The molecule has 1 unspecified atom stereocenters. The molecule has 1 atom stereocenters. The third kappa shape index (κ3) is 6.30. The van der Waals surface area contributed by atoms with Gasteiger partial charge in [0.25, 0.3) is 0 Å². The van der Waals surface area contributed by atoms with Crippen molar-refractivity contribution in [2.24, 2.45) is 5.92 Å². The lowest BCUT2D eigenvalue weighted by Crippen LogP contribution is -2.52. The minimum absolute atomic E-state index is 0.00568. The summed E-state index contributed by atoms with van der Waals surface area (Å²) in [5.74, 6) is 0.464. The van der Waals surface area contributed by atoms with Gasteiger partial charge < -0.3 is 20.6 Å². The minimum Gasteiger partial charge on any atom is -0.394 e. The SMILES string of the molecule is CC(C)CC(CO)NC(=O)NC1CCN(C2CCCCC2)CC1. The first-order valence-corrected chi connectivity index (χ1v) is 9.50. The molecule has 2 aliphatic rings. The summed E-state index contributed by atoms with van der Waals surface area (Å²) in [6.45, 7) is 6.41. The molecule has 23 heavy (non-hydrogen) atoms. The van der Waals surface area contributed by atoms with Gasteiger partial charge in [-0.15, -0.1) is 0 Å². The lowest BCUT2D eigenvalue weighted by Gasteiger charge is -2.39. The van der Waals surface area contributed by atoms with Crippen LogP contribution in [0, 0.1) is 5.92 Å². The lowest BCUT2D eigenvalue weighted by molar-refractivity contribution is 0.116. The third-order valence-electron chi connectivity index (χ3n) is 5.27. The number of hydrogen-bond acceptors (Lipinski definition) is 3. The van der Waals surface area contributed by atoms with E-state index in [0.717, 1.165) is 38.4 Å². The molecule has 0 aromatic rings. The van der Waals surface area contributed by atoms with Gasteiger partial charge in [0.15, 0.2) is 0 Å². The van der Waals surface area contributed by atoms with Crippen LogP contribution in [0.4, 0.5) is 4.79 Å². The van der Waals surface area contributed by atoms with Crippen LogP contribution in [0.5, 0.6) is 0 Å². The van der Waals surface area contributed by atoms with Gasteiger partial charge in [0, 0.05) is 25.2 Å². The normalized spacial score (nSPS) is 23.0. The molecule has 1 aliphatic carbocycles. The fourth-order valence-corrected chi connectivity index (χ4v) is 4.02. The number of aliphatic hydroxyl groups excluding tert-OH is 1. The summed E-state index contributed by atoms with van der Waals surface area (Å²) >= 11 is 0. The van der Waals surface area contributed by atoms with E-state index in [9.17, 15) is 9.90 Å². The Bertz CT molecular complexity index is 348. The second-order valence-electron chi connectivity index (χ2n) is 7.73. The van der Waals surface area contributed by atoms with E-state index in [1.807, 2.05) is 0 Å². The second-order valence-corrected chi connectivity index (χ2v) is 7.73. The van der Waals surface area contributed by atoms with E-state index in [1.165, 1.54) is 32.1 Å². The van der Waals surface area contributed by atoms with Crippen molar-refractivity contribution in [2.45, 2.75) is 83.3 Å². The molecule has 3 N–H and O–H groups in total. The van der Waals surface area contributed by atoms with E-state index in [1.54, 1.807) is 0 Å². The Morgan fingerprint density at radius 2 is 1.78 bits per heavy atom. The van der Waals surface area contributed by atoms with Gasteiger partial charge in [0.2, 0.25) is 0 Å². The Morgan fingerprint density at radius 1 is 1.13 bits per heavy atom. The Hall–Kier alpha value is -0.810. The van der Waals surface area contributed by atoms with E-state index in [-0.39, 0.29) is 24.7 Å². The van der Waals surface area contributed by atoms with Crippen LogP contribution >= 0.6 is 0 Å². The van der Waals surface area contributed by atoms with Crippen molar-refractivity contribution in [3.63, 3.8) is 0 Å². The molecule has 1 saturated heterocycles. The van der Waals surface area contributed by atoms with Gasteiger partial charge in [-0.1, -0.05) is 33.1 Å². The molecule has 2 rings (SSSR count). The van der Waals surface area contributed by atoms with E-state index < -0.39 is 0 Å². The van der Waals surface area contributed by atoms with Crippen LogP contribution in [0.1, 0.15) is 65.2 Å². The Morgan fingerprint density at radius 3 is 2.35 bits per heavy atom. The molecular weight excluding hydrogens is 290 g/mol. The quantitative estimate of drug-likeness (QED) is 0.703. The number of rotatable bonds is 6. The molecule has 0 aromatic carbocycles. The van der Waals surface area contributed by atoms with E-state index >= 15 is 0 Å². The zero-order valence-electron chi connectivity index (χ0n) is 14.9. The Labute approximate surface area is 141 Å². The maximum Gasteiger partial charge on any atom is 0.315 e. The number of urea groups is 1. The molecule has 1 aliphatic heterocycles. The topological polar surface area (TPSA) is 64.6 Å². The predicted molar refractivity (Wildman–Crippen MR) is 93.5 cm³/mol. The first kappa shape index (κ1) is 18.5. The molecule has 2 amide bonds. The number of piperidine rings is 1. The van der Waals surface area contributed by atoms with Gasteiger partial charge in [-0.3, -0.25) is 0 Å². The number of nitrogens with one attached hydrogen (secondary N) is 2. The zero-order valence-corrected chi connectivity index (χ0v) is 14.9. The fourth-order valence-electron chi connectivity index (χ4n) is 4.02. The average Bonchev–Trinajstić information content (AvgIpc) is 2.55. The van der Waals surface area contributed by atoms with Crippen molar-refractivity contribution in [1.82, 2.24) is 15.5 Å². The molecule has 1 heterocycles. The highest BCUT2D eigenvalue weighted by molar-refractivity contribution is 5.74. The number of aliphatic hydroxyl groups is 1. The van der Waals surface area contributed by atoms with Crippen LogP contribution in [0.25, 0.3) is 0 Å². The number of hydrogen-bond donors (Lipinski definition) is 3. The molecule has 0 bridgehead atoms. The van der Waals surface area contributed by atoms with E-state index in [2.05, 4.69) is 29.4 Å². The Balaban J connectivity index is 1.67. The average molecular weight is 325 g/mol. The number of likely N-dealkylation sites (tertiary alicyclic amines) is 1. The second kappa shape index (κ2) is 9.48. The molecule has 0 spiro atoms. The molecule has 1 saturated carbocycles. The molecule has 5 heteroatoms. The van der Waals surface area contributed by atoms with Gasteiger partial charge >= 0.3 is 6.03 Å². The molecule has 5 nitrogen and oxygen atoms in total. The van der Waals surface area contributed by atoms with Crippen LogP contribution in [-0.2, 0) is 0 Å². The summed E-state index contributed by atoms with van der Waals surface area (Å²) in [6, 6.07) is 0.787. The number of carbonyl (C=O) groups excluding carboxylic acids is 1. The molecule has 2 fully saturated rings. The number of amides is 2. The van der Waals surface area contributed by atoms with E-state index in [4.69, 9.17) is 0 Å². The van der Waals surface area contributed by atoms with Crippen molar-refractivity contribution in [1.29, 1.82) is 0 Å². The third-order valence-corrected chi connectivity index (χ3v) is 5.27. The zero-order chi connectivity index (χ0) is 16.7. The van der Waals surface area contributed by atoms with Crippen molar-refractivity contribution in [3.8, 4) is 0 Å². The summed E-state index contributed by atoms with van der Waals surface area (Å²) in [5, 5.41) is 15.4. The summed E-state index contributed by atoms with van der Waals surface area (Å²) in [6.07, 6.45) is 9.75. The van der Waals surface area contributed by atoms with Crippen molar-refractivity contribution >= 4 is 6.03 Å². The van der Waals surface area contributed by atoms with Gasteiger partial charge in [-0.05, 0) is 38.0 Å². The van der Waals surface area contributed by atoms with Crippen molar-refractivity contribution < 1.29 is 9.90 Å². The smallest absolute Gasteiger partial charge is 0.315 e. The lowest BCUT2D eigenvalue weighted by atomic mass is 9.92. The fraction of sp³-hybridized carbons (Fsp3) is 0.944. The Kier molecular flexibility index (Phi) is 7.63. The molecular formula is C18H35N3O2. The number of carbonyl (C=O) groups is 1. The molecule has 0 aromatic heterocycles. The van der Waals surface area contributed by atoms with Crippen molar-refractivity contribution in [3.05, 3.63) is 0 Å². The van der Waals surface area contributed by atoms with Gasteiger partial charge in [0.05, 0.1) is 12.6 Å². The van der Waals surface area contributed by atoms with Crippen LogP contribution in [-0.4, -0.2) is 53.9 Å². The minimum atomic E-state index is -0.141. The van der Waals surface area contributed by atoms with Gasteiger partial charge in [-0.2, -0.15) is 0 Å².